The average Bonchev–Trinajstić information content (AvgIpc) is 3.22. The lowest BCUT2D eigenvalue weighted by atomic mass is 9.86. The summed E-state index contributed by atoms with van der Waals surface area (Å²) in [6.45, 7) is 0.578. The Labute approximate surface area is 206 Å². The molecular weight excluding hydrogens is 493 g/mol. The fraction of sp³-hybridized carbons (Fsp3) is 0.333. The van der Waals surface area contributed by atoms with Gasteiger partial charge in [-0.2, -0.15) is 0 Å². The predicted molar refractivity (Wildman–Crippen MR) is 126 cm³/mol. The number of aliphatic hydroxyl groups is 2. The van der Waals surface area contributed by atoms with E-state index in [1.807, 2.05) is 0 Å². The molecule has 4 heterocycles. The van der Waals surface area contributed by atoms with Gasteiger partial charge in [0.1, 0.15) is 19.5 Å². The van der Waals surface area contributed by atoms with E-state index in [0.717, 1.165) is 6.07 Å². The molecule has 0 fully saturated rings. The van der Waals surface area contributed by atoms with Gasteiger partial charge >= 0.3 is 5.97 Å². The highest BCUT2D eigenvalue weighted by Gasteiger charge is 2.45. The summed E-state index contributed by atoms with van der Waals surface area (Å²) >= 11 is -1.64. The van der Waals surface area contributed by atoms with Crippen molar-refractivity contribution in [2.45, 2.75) is 43.5 Å². The molecule has 1 aromatic carbocycles. The van der Waals surface area contributed by atoms with Crippen molar-refractivity contribution < 1.29 is 33.5 Å². The van der Waals surface area contributed by atoms with Gasteiger partial charge in [0.05, 0.1) is 29.0 Å². The van der Waals surface area contributed by atoms with E-state index in [4.69, 9.17) is 9.84 Å². The van der Waals surface area contributed by atoms with Crippen LogP contribution in [0.1, 0.15) is 35.6 Å². The zero-order valence-corrected chi connectivity index (χ0v) is 20.2. The number of pyridine rings is 2. The van der Waals surface area contributed by atoms with Crippen LogP contribution in [0.4, 0.5) is 4.39 Å². The lowest BCUT2D eigenvalue weighted by Crippen LogP contribution is -2.44. The first-order valence-electron chi connectivity index (χ1n) is 11.1. The highest BCUT2D eigenvalue weighted by atomic mass is 32.2. The van der Waals surface area contributed by atoms with Crippen molar-refractivity contribution in [3.05, 3.63) is 56.6 Å². The van der Waals surface area contributed by atoms with Gasteiger partial charge in [-0.25, -0.2) is 14.2 Å². The molecule has 0 radical (unpaired) electrons. The molecular formula is C24H22FN3O7S. The Morgan fingerprint density at radius 3 is 2.75 bits per heavy atom. The maximum Gasteiger partial charge on any atom is 0.343 e. The summed E-state index contributed by atoms with van der Waals surface area (Å²) in [6.07, 6.45) is 1.33. The molecule has 0 saturated carbocycles. The van der Waals surface area contributed by atoms with E-state index in [1.165, 1.54) is 23.0 Å². The van der Waals surface area contributed by atoms with Gasteiger partial charge in [0, 0.05) is 35.2 Å². The van der Waals surface area contributed by atoms with Gasteiger partial charge in [0.25, 0.3) is 5.56 Å². The number of ether oxygens (including phenoxy) is 1. The predicted octanol–water partition coefficient (Wildman–Crippen LogP) is 0.565. The van der Waals surface area contributed by atoms with Gasteiger partial charge in [-0.3, -0.25) is 9.59 Å². The second kappa shape index (κ2) is 8.66. The summed E-state index contributed by atoms with van der Waals surface area (Å²) in [6, 6.07) is 4.09. The number of halogens is 1. The molecule has 0 aliphatic carbocycles. The van der Waals surface area contributed by atoms with Crippen LogP contribution in [0.15, 0.2) is 27.9 Å². The summed E-state index contributed by atoms with van der Waals surface area (Å²) < 4.78 is 33.3. The van der Waals surface area contributed by atoms with E-state index in [9.17, 15) is 28.4 Å². The van der Waals surface area contributed by atoms with Gasteiger partial charge in [-0.15, -0.1) is 0 Å². The van der Waals surface area contributed by atoms with Crippen LogP contribution in [-0.4, -0.2) is 49.1 Å². The Kier molecular flexibility index (Phi) is 5.86. The third-order valence-corrected chi connectivity index (χ3v) is 7.71. The van der Waals surface area contributed by atoms with Crippen LogP contribution in [0.2, 0.25) is 0 Å². The number of benzene rings is 1. The number of esters is 1. The number of fused-ring (bicyclic) bond motifs is 5. The van der Waals surface area contributed by atoms with E-state index in [0.29, 0.717) is 27.9 Å². The normalized spacial score (nSPS) is 18.9. The molecule has 2 aliphatic rings. The summed E-state index contributed by atoms with van der Waals surface area (Å²) in [4.78, 5) is 42.2. The Hall–Kier alpha value is -3.32. The highest BCUT2D eigenvalue weighted by Crippen LogP contribution is 2.40. The van der Waals surface area contributed by atoms with E-state index >= 15 is 0 Å². The van der Waals surface area contributed by atoms with Gasteiger partial charge in [0.2, 0.25) is 5.91 Å². The number of amides is 1. The molecule has 0 saturated heterocycles. The maximum atomic E-state index is 14.7. The lowest BCUT2D eigenvalue weighted by Gasteiger charge is -2.31. The Morgan fingerprint density at radius 2 is 2.08 bits per heavy atom. The number of carbonyl (C=O) groups is 2. The fourth-order valence-electron chi connectivity index (χ4n) is 4.83. The van der Waals surface area contributed by atoms with Crippen LogP contribution >= 0.6 is 0 Å². The Morgan fingerprint density at radius 1 is 1.33 bits per heavy atom. The molecule has 12 heteroatoms. The second-order valence-corrected chi connectivity index (χ2v) is 10.1. The molecule has 5 rings (SSSR count). The van der Waals surface area contributed by atoms with Crippen LogP contribution in [0.5, 0.6) is 0 Å². The molecule has 1 unspecified atom stereocenters. The van der Waals surface area contributed by atoms with Crippen molar-refractivity contribution in [2.24, 2.45) is 0 Å². The monoisotopic (exact) mass is 515 g/mol. The molecule has 1 amide bonds. The number of rotatable bonds is 5. The molecule has 2 atom stereocenters. The molecule has 3 aromatic rings. The Bertz CT molecular complexity index is 1520. The molecule has 10 nitrogen and oxygen atoms in total. The van der Waals surface area contributed by atoms with Crippen LogP contribution in [0.25, 0.3) is 22.3 Å². The number of nitrogens with one attached hydrogen (secondary N) is 1. The minimum Gasteiger partial charge on any atom is -0.612 e. The highest BCUT2D eigenvalue weighted by molar-refractivity contribution is 7.90. The molecule has 2 aliphatic heterocycles. The number of hydrogen-bond donors (Lipinski definition) is 3. The molecule has 0 bridgehead atoms. The maximum absolute atomic E-state index is 14.7. The minimum absolute atomic E-state index is 0.0136. The number of cyclic esters (lactones) is 1. The number of nitrogens with zero attached hydrogens (tertiary/aromatic N) is 2. The van der Waals surface area contributed by atoms with Crippen molar-refractivity contribution in [2.75, 3.05) is 12.9 Å². The SMILES string of the molecule is CC[C@@]1(O)C(=O)OCc2c1cc1n(c2=O)Cc2c-1nc1cc(F)c([S+](C)[O-])cc1c2CNC(=O)CO. The smallest absolute Gasteiger partial charge is 0.343 e. The van der Waals surface area contributed by atoms with Crippen LogP contribution < -0.4 is 10.9 Å². The van der Waals surface area contributed by atoms with Crippen LogP contribution in [-0.2, 0) is 50.8 Å². The summed E-state index contributed by atoms with van der Waals surface area (Å²) in [5, 5.41) is 23.2. The zero-order chi connectivity index (χ0) is 25.9. The van der Waals surface area contributed by atoms with E-state index < -0.39 is 46.6 Å². The Balaban J connectivity index is 1.79. The zero-order valence-electron chi connectivity index (χ0n) is 19.4. The third kappa shape index (κ3) is 3.52. The first-order valence-corrected chi connectivity index (χ1v) is 12.7. The van der Waals surface area contributed by atoms with Gasteiger partial charge in [-0.05, 0) is 29.2 Å². The average molecular weight is 516 g/mol. The summed E-state index contributed by atoms with van der Waals surface area (Å²) in [5.74, 6) is -2.20. The topological polar surface area (TPSA) is 154 Å². The summed E-state index contributed by atoms with van der Waals surface area (Å²) in [5.41, 5.74) is -0.210. The lowest BCUT2D eigenvalue weighted by molar-refractivity contribution is -0.172. The van der Waals surface area contributed by atoms with E-state index in [2.05, 4.69) is 10.3 Å². The van der Waals surface area contributed by atoms with E-state index in [-0.39, 0.29) is 47.7 Å². The molecule has 188 valence electrons. The van der Waals surface area contributed by atoms with Crippen molar-refractivity contribution >= 4 is 34.0 Å². The van der Waals surface area contributed by atoms with Gasteiger partial charge in [0.15, 0.2) is 16.3 Å². The second-order valence-electron chi connectivity index (χ2n) is 8.71. The molecule has 0 spiro atoms. The molecule has 2 aromatic heterocycles. The fourth-order valence-corrected chi connectivity index (χ4v) is 5.45. The summed E-state index contributed by atoms with van der Waals surface area (Å²) in [7, 11) is 0. The van der Waals surface area contributed by atoms with E-state index in [1.54, 1.807) is 6.92 Å². The van der Waals surface area contributed by atoms with Crippen molar-refractivity contribution in [1.82, 2.24) is 14.9 Å². The van der Waals surface area contributed by atoms with Crippen molar-refractivity contribution in [3.8, 4) is 11.4 Å². The number of carbonyl (C=O) groups excluding carboxylic acids is 2. The quantitative estimate of drug-likeness (QED) is 0.257. The van der Waals surface area contributed by atoms with Gasteiger partial charge < -0.3 is 29.4 Å². The van der Waals surface area contributed by atoms with Crippen LogP contribution in [0.3, 0.4) is 0 Å². The number of aliphatic hydroxyl groups excluding tert-OH is 1. The number of hydrogen-bond acceptors (Lipinski definition) is 8. The molecule has 3 N–H and O–H groups in total. The third-order valence-electron chi connectivity index (χ3n) is 6.78. The van der Waals surface area contributed by atoms with Crippen LogP contribution in [0, 0.1) is 5.82 Å². The first kappa shape index (κ1) is 24.4. The largest absolute Gasteiger partial charge is 0.612 e. The minimum atomic E-state index is -1.99. The standard InChI is InChI=1S/C24H22FN3O7S/c1-3-24(33)15-5-18-21-13(8-28(18)22(31)14(15)10-35-23(24)32)12(7-26-20(30)9-29)11-4-19(36(2)34)16(25)6-17(11)27-21/h4-6,29,33H,3,7-10H2,1-2H3,(H,26,30)/t24-,36?/m0/s1. The van der Waals surface area contributed by atoms with Crippen molar-refractivity contribution in [3.63, 3.8) is 0 Å². The molecule has 36 heavy (non-hydrogen) atoms. The van der Waals surface area contributed by atoms with Crippen molar-refractivity contribution in [1.29, 1.82) is 0 Å². The van der Waals surface area contributed by atoms with Gasteiger partial charge in [-0.1, -0.05) is 6.92 Å². The number of aromatic nitrogens is 2. The first-order chi connectivity index (χ1) is 17.1.